The molecule has 0 aliphatic carbocycles. The lowest BCUT2D eigenvalue weighted by Gasteiger charge is -2.22. The van der Waals surface area contributed by atoms with Gasteiger partial charge in [0.15, 0.2) is 0 Å². The van der Waals surface area contributed by atoms with Gasteiger partial charge in [0.25, 0.3) is 0 Å². The first-order valence-electron chi connectivity index (χ1n) is 6.25. The lowest BCUT2D eigenvalue weighted by molar-refractivity contribution is 0.422. The Hall–Kier alpha value is -0.960. The summed E-state index contributed by atoms with van der Waals surface area (Å²) in [5, 5.41) is 3.29. The molecule has 0 amide bonds. The van der Waals surface area contributed by atoms with Crippen molar-refractivity contribution in [1.29, 1.82) is 0 Å². The van der Waals surface area contributed by atoms with E-state index in [0.29, 0.717) is 5.56 Å². The number of unbranched alkanes of at least 4 members (excludes halogenated alkanes) is 1. The van der Waals surface area contributed by atoms with Gasteiger partial charge in [0, 0.05) is 17.6 Å². The molecule has 1 aromatic carbocycles. The monoisotopic (exact) mass is 241 g/mol. The van der Waals surface area contributed by atoms with Gasteiger partial charge in [-0.05, 0) is 24.6 Å². The van der Waals surface area contributed by atoms with Crippen molar-refractivity contribution in [3.05, 3.63) is 35.4 Å². The second kappa shape index (κ2) is 6.70. The predicted molar refractivity (Wildman–Crippen MR) is 66.9 cm³/mol. The molecular weight excluding hydrogens is 220 g/mol. The van der Waals surface area contributed by atoms with Crippen molar-refractivity contribution in [2.24, 2.45) is 0 Å². The summed E-state index contributed by atoms with van der Waals surface area (Å²) in [5.74, 6) is -0.714. The first-order valence-corrected chi connectivity index (χ1v) is 6.25. The number of rotatable bonds is 6. The Morgan fingerprint density at radius 3 is 2.53 bits per heavy atom. The molecule has 1 nitrogen and oxygen atoms in total. The van der Waals surface area contributed by atoms with Crippen LogP contribution >= 0.6 is 0 Å². The highest BCUT2D eigenvalue weighted by atomic mass is 19.1. The fourth-order valence-electron chi connectivity index (χ4n) is 1.92. The lowest BCUT2D eigenvalue weighted by atomic mass is 9.99. The molecule has 0 saturated carbocycles. The number of hydrogen-bond acceptors (Lipinski definition) is 1. The number of benzene rings is 1. The number of hydrogen-bond donors (Lipinski definition) is 1. The van der Waals surface area contributed by atoms with Crippen molar-refractivity contribution in [3.63, 3.8) is 0 Å². The van der Waals surface area contributed by atoms with Crippen molar-refractivity contribution in [1.82, 2.24) is 5.32 Å². The fraction of sp³-hybridized carbons (Fsp3) is 0.571. The molecule has 0 bridgehead atoms. The minimum absolute atomic E-state index is 0.106. The Balaban J connectivity index is 2.90. The Morgan fingerprint density at radius 2 is 1.94 bits per heavy atom. The summed E-state index contributed by atoms with van der Waals surface area (Å²) in [4.78, 5) is 0. The molecule has 17 heavy (non-hydrogen) atoms. The third kappa shape index (κ3) is 4.43. The van der Waals surface area contributed by atoms with Crippen molar-refractivity contribution in [2.45, 2.75) is 52.1 Å². The maximum atomic E-state index is 13.7. The van der Waals surface area contributed by atoms with E-state index in [4.69, 9.17) is 0 Å². The largest absolute Gasteiger partial charge is 0.308 e. The van der Waals surface area contributed by atoms with Crippen LogP contribution in [0.2, 0.25) is 0 Å². The molecule has 0 aromatic heterocycles. The Morgan fingerprint density at radius 1 is 1.24 bits per heavy atom. The van der Waals surface area contributed by atoms with E-state index in [2.05, 4.69) is 12.2 Å². The van der Waals surface area contributed by atoms with E-state index >= 15 is 0 Å². The predicted octanol–water partition coefficient (Wildman–Crippen LogP) is 4.19. The van der Waals surface area contributed by atoms with E-state index in [9.17, 15) is 8.78 Å². The Kier molecular flexibility index (Phi) is 5.56. The topological polar surface area (TPSA) is 12.0 Å². The summed E-state index contributed by atoms with van der Waals surface area (Å²) in [7, 11) is 0. The van der Waals surface area contributed by atoms with Gasteiger partial charge in [-0.2, -0.15) is 0 Å². The van der Waals surface area contributed by atoms with E-state index in [-0.39, 0.29) is 23.7 Å². The first kappa shape index (κ1) is 14.1. The van der Waals surface area contributed by atoms with Gasteiger partial charge in [0.2, 0.25) is 0 Å². The summed E-state index contributed by atoms with van der Waals surface area (Å²) in [6.45, 7) is 6.11. The molecule has 0 heterocycles. The second-order valence-corrected chi connectivity index (χ2v) is 4.68. The standard InChI is InChI=1S/C14H21F2N/c1-4-5-6-14(17-10(2)3)12-9-11(15)7-8-13(12)16/h7-10,14,17H,4-6H2,1-3H3. The Labute approximate surface area is 102 Å². The van der Waals surface area contributed by atoms with Crippen LogP contribution in [0.4, 0.5) is 8.78 Å². The average Bonchev–Trinajstić information content (AvgIpc) is 2.27. The molecule has 0 spiro atoms. The maximum Gasteiger partial charge on any atom is 0.128 e. The maximum absolute atomic E-state index is 13.7. The number of nitrogens with one attached hydrogen (secondary N) is 1. The number of halogens is 2. The molecule has 0 aliphatic rings. The molecule has 1 atom stereocenters. The van der Waals surface area contributed by atoms with Crippen LogP contribution in [-0.2, 0) is 0 Å². The van der Waals surface area contributed by atoms with E-state index in [0.717, 1.165) is 25.3 Å². The molecule has 0 fully saturated rings. The third-order valence-corrected chi connectivity index (χ3v) is 2.71. The molecule has 1 rings (SSSR count). The molecule has 1 N–H and O–H groups in total. The minimum atomic E-state index is -0.381. The van der Waals surface area contributed by atoms with Crippen molar-refractivity contribution in [2.75, 3.05) is 0 Å². The van der Waals surface area contributed by atoms with E-state index in [1.165, 1.54) is 12.1 Å². The quantitative estimate of drug-likeness (QED) is 0.787. The van der Waals surface area contributed by atoms with Gasteiger partial charge in [-0.3, -0.25) is 0 Å². The minimum Gasteiger partial charge on any atom is -0.308 e. The van der Waals surface area contributed by atoms with E-state index in [1.54, 1.807) is 0 Å². The highest BCUT2D eigenvalue weighted by molar-refractivity contribution is 5.22. The van der Waals surface area contributed by atoms with Gasteiger partial charge >= 0.3 is 0 Å². The highest BCUT2D eigenvalue weighted by Crippen LogP contribution is 2.23. The zero-order valence-corrected chi connectivity index (χ0v) is 10.8. The summed E-state index contributed by atoms with van der Waals surface area (Å²) >= 11 is 0. The van der Waals surface area contributed by atoms with Crippen LogP contribution in [0.3, 0.4) is 0 Å². The van der Waals surface area contributed by atoms with Gasteiger partial charge in [-0.25, -0.2) is 8.78 Å². The van der Waals surface area contributed by atoms with Gasteiger partial charge in [0.1, 0.15) is 11.6 Å². The van der Waals surface area contributed by atoms with E-state index in [1.807, 2.05) is 13.8 Å². The molecule has 0 radical (unpaired) electrons. The van der Waals surface area contributed by atoms with Gasteiger partial charge < -0.3 is 5.32 Å². The lowest BCUT2D eigenvalue weighted by Crippen LogP contribution is -2.29. The smallest absolute Gasteiger partial charge is 0.128 e. The molecule has 0 aliphatic heterocycles. The Bertz CT molecular complexity index is 350. The molecular formula is C14H21F2N. The van der Waals surface area contributed by atoms with Crippen LogP contribution in [0.1, 0.15) is 51.6 Å². The van der Waals surface area contributed by atoms with Crippen LogP contribution in [0.5, 0.6) is 0 Å². The summed E-state index contributed by atoms with van der Waals surface area (Å²) in [6.07, 6.45) is 2.88. The zero-order chi connectivity index (χ0) is 12.8. The molecule has 3 heteroatoms. The highest BCUT2D eigenvalue weighted by Gasteiger charge is 2.16. The molecule has 1 unspecified atom stereocenters. The van der Waals surface area contributed by atoms with Crippen LogP contribution in [0.15, 0.2) is 18.2 Å². The van der Waals surface area contributed by atoms with Crippen LogP contribution in [-0.4, -0.2) is 6.04 Å². The van der Waals surface area contributed by atoms with Crippen LogP contribution in [0, 0.1) is 11.6 Å². The zero-order valence-electron chi connectivity index (χ0n) is 10.8. The normalized spacial score (nSPS) is 13.1. The van der Waals surface area contributed by atoms with E-state index < -0.39 is 0 Å². The first-order chi connectivity index (χ1) is 8.04. The molecule has 96 valence electrons. The van der Waals surface area contributed by atoms with Gasteiger partial charge in [-0.15, -0.1) is 0 Å². The molecule has 0 saturated heterocycles. The summed E-state index contributed by atoms with van der Waals surface area (Å²) in [5.41, 5.74) is 0.437. The van der Waals surface area contributed by atoms with Crippen molar-refractivity contribution >= 4 is 0 Å². The van der Waals surface area contributed by atoms with Crippen molar-refractivity contribution in [3.8, 4) is 0 Å². The third-order valence-electron chi connectivity index (χ3n) is 2.71. The fourth-order valence-corrected chi connectivity index (χ4v) is 1.92. The summed E-state index contributed by atoms with van der Waals surface area (Å²) < 4.78 is 26.9. The SMILES string of the molecule is CCCCC(NC(C)C)c1cc(F)ccc1F. The molecule has 1 aromatic rings. The summed E-state index contributed by atoms with van der Waals surface area (Å²) in [6, 6.07) is 3.80. The van der Waals surface area contributed by atoms with Crippen molar-refractivity contribution < 1.29 is 8.78 Å². The van der Waals surface area contributed by atoms with Gasteiger partial charge in [0.05, 0.1) is 0 Å². The van der Waals surface area contributed by atoms with Crippen LogP contribution in [0.25, 0.3) is 0 Å². The average molecular weight is 241 g/mol. The van der Waals surface area contributed by atoms with Crippen LogP contribution < -0.4 is 5.32 Å². The van der Waals surface area contributed by atoms with Gasteiger partial charge in [-0.1, -0.05) is 33.6 Å². The second-order valence-electron chi connectivity index (χ2n) is 4.68.